The minimum absolute atomic E-state index is 0.0331. The highest BCUT2D eigenvalue weighted by atomic mass is 19.1. The van der Waals surface area contributed by atoms with Gasteiger partial charge < -0.3 is 9.52 Å². The number of rotatable bonds is 5. The van der Waals surface area contributed by atoms with Gasteiger partial charge >= 0.3 is 5.97 Å². The summed E-state index contributed by atoms with van der Waals surface area (Å²) in [5.41, 5.74) is 0.887. The molecule has 1 aromatic heterocycles. The van der Waals surface area contributed by atoms with Crippen LogP contribution >= 0.6 is 0 Å². The Morgan fingerprint density at radius 1 is 1.28 bits per heavy atom. The van der Waals surface area contributed by atoms with E-state index in [-0.39, 0.29) is 23.7 Å². The summed E-state index contributed by atoms with van der Waals surface area (Å²) in [5.74, 6) is -2.89. The molecule has 0 aliphatic carbocycles. The molecule has 168 valence electrons. The monoisotopic (exact) mass is 444 g/mol. The third-order valence-corrected chi connectivity index (χ3v) is 5.65. The number of halogens is 3. The number of benzene rings is 2. The van der Waals surface area contributed by atoms with Crippen molar-refractivity contribution < 1.29 is 27.5 Å². The van der Waals surface area contributed by atoms with Gasteiger partial charge in [0.25, 0.3) is 0 Å². The second kappa shape index (κ2) is 8.09. The zero-order chi connectivity index (χ0) is 23.2. The molecular formula is C24H23F3N2O3. The Bertz CT molecular complexity index is 1190. The molecule has 4 rings (SSSR count). The van der Waals surface area contributed by atoms with Gasteiger partial charge in [-0.1, -0.05) is 0 Å². The standard InChI is InChI=1S/C24H23F3N2O3/c1-13-6-15-9-20-19(28-12-32-20)10-16(15)23(29(13)11-24(2,3)27)22-17(25)7-14(8-18(22)26)4-5-21(30)31/h4-5,7-10,12-13,23H,6,11H2,1-3H3,(H,30,31)/b5-4+/t13-,23+/m1/s1. The molecule has 5 nitrogen and oxygen atoms in total. The number of alkyl halides is 1. The molecule has 3 aromatic rings. The minimum atomic E-state index is -1.60. The fraction of sp³-hybridized carbons (Fsp3) is 0.333. The molecule has 0 amide bonds. The number of carboxylic acid groups (broad SMARTS) is 1. The minimum Gasteiger partial charge on any atom is -0.478 e. The van der Waals surface area contributed by atoms with Crippen molar-refractivity contribution in [2.45, 2.75) is 44.9 Å². The maximum atomic E-state index is 15.3. The van der Waals surface area contributed by atoms with Crippen molar-refractivity contribution in [1.29, 1.82) is 0 Å². The van der Waals surface area contributed by atoms with Crippen LogP contribution in [0.15, 0.2) is 41.2 Å². The van der Waals surface area contributed by atoms with Gasteiger partial charge in [0.05, 0.1) is 6.04 Å². The number of nitrogens with zero attached hydrogens (tertiary/aromatic N) is 2. The van der Waals surface area contributed by atoms with E-state index in [1.165, 1.54) is 20.2 Å². The van der Waals surface area contributed by atoms with Crippen LogP contribution in [0.25, 0.3) is 17.2 Å². The summed E-state index contributed by atoms with van der Waals surface area (Å²) in [4.78, 5) is 16.7. The summed E-state index contributed by atoms with van der Waals surface area (Å²) in [6.07, 6.45) is 3.80. The maximum absolute atomic E-state index is 15.3. The third kappa shape index (κ3) is 4.27. The van der Waals surface area contributed by atoms with Crippen LogP contribution in [0.3, 0.4) is 0 Å². The predicted octanol–water partition coefficient (Wildman–Crippen LogP) is 5.29. The van der Waals surface area contributed by atoms with Crippen LogP contribution in [0.1, 0.15) is 49.1 Å². The van der Waals surface area contributed by atoms with Crippen LogP contribution < -0.4 is 0 Å². The van der Waals surface area contributed by atoms with Crippen molar-refractivity contribution >= 4 is 23.1 Å². The van der Waals surface area contributed by atoms with E-state index in [1.54, 1.807) is 11.0 Å². The Kier molecular flexibility index (Phi) is 5.58. The molecule has 0 spiro atoms. The van der Waals surface area contributed by atoms with Crippen LogP contribution in [0.4, 0.5) is 13.2 Å². The van der Waals surface area contributed by atoms with Crippen molar-refractivity contribution in [3.63, 3.8) is 0 Å². The molecule has 8 heteroatoms. The fourth-order valence-corrected chi connectivity index (χ4v) is 4.39. The van der Waals surface area contributed by atoms with Crippen LogP contribution in [-0.4, -0.2) is 39.2 Å². The predicted molar refractivity (Wildman–Crippen MR) is 114 cm³/mol. The molecule has 32 heavy (non-hydrogen) atoms. The fourth-order valence-electron chi connectivity index (χ4n) is 4.39. The smallest absolute Gasteiger partial charge is 0.328 e. The number of hydrogen-bond acceptors (Lipinski definition) is 4. The van der Waals surface area contributed by atoms with Gasteiger partial charge in [0.2, 0.25) is 0 Å². The van der Waals surface area contributed by atoms with Crippen LogP contribution in [-0.2, 0) is 11.2 Å². The first kappa shape index (κ1) is 22.1. The van der Waals surface area contributed by atoms with Gasteiger partial charge in [0, 0.05) is 24.2 Å². The van der Waals surface area contributed by atoms with Crippen molar-refractivity contribution in [1.82, 2.24) is 9.88 Å². The first-order chi connectivity index (χ1) is 15.0. The van der Waals surface area contributed by atoms with E-state index in [9.17, 15) is 9.18 Å². The number of hydrogen-bond donors (Lipinski definition) is 1. The van der Waals surface area contributed by atoms with E-state index < -0.39 is 29.3 Å². The zero-order valence-electron chi connectivity index (χ0n) is 17.9. The summed E-state index contributed by atoms with van der Waals surface area (Å²) in [6, 6.07) is 4.64. The van der Waals surface area contributed by atoms with Crippen molar-refractivity contribution in [3.8, 4) is 0 Å². The number of aliphatic carboxylic acids is 1. The van der Waals surface area contributed by atoms with Crippen LogP contribution in [0.5, 0.6) is 0 Å². The summed E-state index contributed by atoms with van der Waals surface area (Å²) >= 11 is 0. The van der Waals surface area contributed by atoms with Gasteiger partial charge in [-0.3, -0.25) is 4.90 Å². The molecule has 0 saturated heterocycles. The quantitative estimate of drug-likeness (QED) is 0.542. The summed E-state index contributed by atoms with van der Waals surface area (Å²) in [6.45, 7) is 4.72. The maximum Gasteiger partial charge on any atom is 0.328 e. The first-order valence-electron chi connectivity index (χ1n) is 10.2. The van der Waals surface area contributed by atoms with E-state index in [4.69, 9.17) is 9.52 Å². The van der Waals surface area contributed by atoms with Gasteiger partial charge in [-0.05, 0) is 74.2 Å². The highest BCUT2D eigenvalue weighted by Gasteiger charge is 2.39. The third-order valence-electron chi connectivity index (χ3n) is 5.65. The van der Waals surface area contributed by atoms with Crippen molar-refractivity contribution in [3.05, 3.63) is 70.6 Å². The summed E-state index contributed by atoms with van der Waals surface area (Å²) in [7, 11) is 0. The topological polar surface area (TPSA) is 66.6 Å². The summed E-state index contributed by atoms with van der Waals surface area (Å²) < 4.78 is 50.8. The van der Waals surface area contributed by atoms with E-state index in [1.807, 2.05) is 13.0 Å². The van der Waals surface area contributed by atoms with Gasteiger partial charge in [-0.25, -0.2) is 22.9 Å². The average Bonchev–Trinajstić information content (AvgIpc) is 3.13. The lowest BCUT2D eigenvalue weighted by atomic mass is 9.83. The lowest BCUT2D eigenvalue weighted by Gasteiger charge is -2.44. The lowest BCUT2D eigenvalue weighted by Crippen LogP contribution is -2.48. The molecule has 0 bridgehead atoms. The first-order valence-corrected chi connectivity index (χ1v) is 10.2. The Morgan fingerprint density at radius 2 is 1.97 bits per heavy atom. The Labute approximate surface area is 183 Å². The normalized spacial score (nSPS) is 19.6. The largest absolute Gasteiger partial charge is 0.478 e. The van der Waals surface area contributed by atoms with Gasteiger partial charge in [-0.2, -0.15) is 0 Å². The lowest BCUT2D eigenvalue weighted by molar-refractivity contribution is -0.131. The second-order valence-corrected chi connectivity index (χ2v) is 8.79. The molecule has 1 aliphatic heterocycles. The van der Waals surface area contributed by atoms with Crippen LogP contribution in [0, 0.1) is 11.6 Å². The highest BCUT2D eigenvalue weighted by molar-refractivity contribution is 5.85. The van der Waals surface area contributed by atoms with Gasteiger partial charge in [0.1, 0.15) is 22.8 Å². The molecule has 2 heterocycles. The SMILES string of the molecule is C[C@@H]1Cc2cc3ocnc3cc2[C@@H](c2c(F)cc(/C=C/C(=O)O)cc2F)N1CC(C)(C)F. The van der Waals surface area contributed by atoms with Crippen molar-refractivity contribution in [2.75, 3.05) is 6.54 Å². The zero-order valence-corrected chi connectivity index (χ0v) is 17.9. The molecule has 1 aliphatic rings. The van der Waals surface area contributed by atoms with Crippen molar-refractivity contribution in [2.24, 2.45) is 0 Å². The van der Waals surface area contributed by atoms with Crippen LogP contribution in [0.2, 0.25) is 0 Å². The summed E-state index contributed by atoms with van der Waals surface area (Å²) in [5, 5.41) is 8.79. The molecule has 1 N–H and O–H groups in total. The van der Waals surface area contributed by atoms with E-state index in [0.29, 0.717) is 23.1 Å². The number of carboxylic acids is 1. The number of carbonyl (C=O) groups is 1. The van der Waals surface area contributed by atoms with E-state index >= 15 is 8.78 Å². The number of aromatic nitrogens is 1. The van der Waals surface area contributed by atoms with Gasteiger partial charge in [-0.15, -0.1) is 0 Å². The second-order valence-electron chi connectivity index (χ2n) is 8.79. The Hall–Kier alpha value is -3.13. The Morgan fingerprint density at radius 3 is 2.59 bits per heavy atom. The molecule has 2 aromatic carbocycles. The number of fused-ring (bicyclic) bond motifs is 2. The average molecular weight is 444 g/mol. The Balaban J connectivity index is 1.91. The molecule has 0 unspecified atom stereocenters. The molecule has 2 atom stereocenters. The molecule has 0 fully saturated rings. The van der Waals surface area contributed by atoms with E-state index in [2.05, 4.69) is 4.98 Å². The number of oxazole rings is 1. The van der Waals surface area contributed by atoms with Gasteiger partial charge in [0.15, 0.2) is 12.0 Å². The molecular weight excluding hydrogens is 421 g/mol. The molecule has 0 saturated carbocycles. The molecule has 0 radical (unpaired) electrons. The highest BCUT2D eigenvalue weighted by Crippen LogP contribution is 2.42. The van der Waals surface area contributed by atoms with E-state index in [0.717, 1.165) is 29.8 Å².